The second kappa shape index (κ2) is 8.47. The molecule has 1 aromatic heterocycles. The van der Waals surface area contributed by atoms with Crippen LogP contribution in [-0.4, -0.2) is 49.1 Å². The molecule has 2 heterocycles. The SMILES string of the molecule is COc1ccc(-c2nc(C#N)c(N3CCN(C(=O)c4ccccc4Cl)CC3)o2)cc1. The van der Waals surface area contributed by atoms with Crippen LogP contribution in [-0.2, 0) is 0 Å². The van der Waals surface area contributed by atoms with Gasteiger partial charge in [0.05, 0.1) is 17.7 Å². The number of carbonyl (C=O) groups excluding carboxylic acids is 1. The van der Waals surface area contributed by atoms with Gasteiger partial charge in [0.1, 0.15) is 11.8 Å². The Bertz CT molecular complexity index is 1100. The summed E-state index contributed by atoms with van der Waals surface area (Å²) in [6.07, 6.45) is 0. The maximum absolute atomic E-state index is 12.8. The van der Waals surface area contributed by atoms with Crippen molar-refractivity contribution < 1.29 is 13.9 Å². The zero-order valence-corrected chi connectivity index (χ0v) is 17.1. The molecule has 0 N–H and O–H groups in total. The Morgan fingerprint density at radius 3 is 2.47 bits per heavy atom. The number of hydrogen-bond donors (Lipinski definition) is 0. The van der Waals surface area contributed by atoms with E-state index in [-0.39, 0.29) is 11.6 Å². The fourth-order valence-electron chi connectivity index (χ4n) is 3.37. The van der Waals surface area contributed by atoms with Crippen molar-refractivity contribution in [2.24, 2.45) is 0 Å². The van der Waals surface area contributed by atoms with E-state index in [9.17, 15) is 10.1 Å². The molecular weight excluding hydrogens is 404 g/mol. The summed E-state index contributed by atoms with van der Waals surface area (Å²) in [6, 6.07) is 16.4. The zero-order chi connectivity index (χ0) is 21.1. The van der Waals surface area contributed by atoms with E-state index in [0.29, 0.717) is 48.5 Å². The standard InChI is InChI=1S/C22H19ClN4O3/c1-29-16-8-6-15(7-9-16)20-25-19(14-24)22(30-20)27-12-10-26(11-13-27)21(28)17-4-2-3-5-18(17)23/h2-9H,10-13H2,1H3. The molecule has 1 aliphatic rings. The predicted octanol–water partition coefficient (Wildman–Crippen LogP) is 3.84. The topological polar surface area (TPSA) is 82.6 Å². The van der Waals surface area contributed by atoms with Gasteiger partial charge in [0, 0.05) is 31.7 Å². The van der Waals surface area contributed by atoms with Crippen molar-refractivity contribution in [2.75, 3.05) is 38.2 Å². The average Bonchev–Trinajstić information content (AvgIpc) is 3.23. The molecule has 1 aliphatic heterocycles. The molecule has 0 aliphatic carbocycles. The van der Waals surface area contributed by atoms with E-state index in [1.54, 1.807) is 36.3 Å². The Kier molecular flexibility index (Phi) is 5.59. The number of nitriles is 1. The second-order valence-corrected chi connectivity index (χ2v) is 7.18. The molecule has 8 heteroatoms. The fourth-order valence-corrected chi connectivity index (χ4v) is 3.59. The van der Waals surface area contributed by atoms with Gasteiger partial charge in [-0.15, -0.1) is 0 Å². The lowest BCUT2D eigenvalue weighted by Crippen LogP contribution is -2.49. The maximum atomic E-state index is 12.8. The summed E-state index contributed by atoms with van der Waals surface area (Å²) in [5.74, 6) is 1.43. The lowest BCUT2D eigenvalue weighted by Gasteiger charge is -2.34. The summed E-state index contributed by atoms with van der Waals surface area (Å²) in [6.45, 7) is 2.05. The summed E-state index contributed by atoms with van der Waals surface area (Å²) in [4.78, 5) is 20.8. The Balaban J connectivity index is 1.49. The van der Waals surface area contributed by atoms with Crippen molar-refractivity contribution in [1.82, 2.24) is 9.88 Å². The summed E-state index contributed by atoms with van der Waals surface area (Å²) < 4.78 is 11.1. The van der Waals surface area contributed by atoms with E-state index in [2.05, 4.69) is 11.1 Å². The number of anilines is 1. The van der Waals surface area contributed by atoms with E-state index >= 15 is 0 Å². The van der Waals surface area contributed by atoms with Crippen molar-refractivity contribution in [2.45, 2.75) is 0 Å². The van der Waals surface area contributed by atoms with Crippen molar-refractivity contribution in [3.05, 3.63) is 64.8 Å². The van der Waals surface area contributed by atoms with E-state index in [4.69, 9.17) is 20.8 Å². The summed E-state index contributed by atoms with van der Waals surface area (Å²) >= 11 is 6.16. The number of aromatic nitrogens is 1. The normalized spacial score (nSPS) is 13.8. The predicted molar refractivity (Wildman–Crippen MR) is 113 cm³/mol. The minimum atomic E-state index is -0.0998. The summed E-state index contributed by atoms with van der Waals surface area (Å²) in [5.41, 5.74) is 1.48. The van der Waals surface area contributed by atoms with Crippen LogP contribution in [0.3, 0.4) is 0 Å². The molecule has 4 rings (SSSR count). The van der Waals surface area contributed by atoms with Crippen molar-refractivity contribution in [3.63, 3.8) is 0 Å². The van der Waals surface area contributed by atoms with Crippen LogP contribution < -0.4 is 9.64 Å². The number of nitrogens with zero attached hydrogens (tertiary/aromatic N) is 4. The third-order valence-electron chi connectivity index (χ3n) is 5.01. The Morgan fingerprint density at radius 2 is 1.83 bits per heavy atom. The molecule has 1 saturated heterocycles. The highest BCUT2D eigenvalue weighted by atomic mass is 35.5. The van der Waals surface area contributed by atoms with Gasteiger partial charge in [0.15, 0.2) is 0 Å². The van der Waals surface area contributed by atoms with Crippen LogP contribution in [0.4, 0.5) is 5.88 Å². The molecule has 0 saturated carbocycles. The lowest BCUT2D eigenvalue weighted by molar-refractivity contribution is 0.0745. The molecule has 2 aromatic carbocycles. The molecule has 0 unspecified atom stereocenters. The fraction of sp³-hybridized carbons (Fsp3) is 0.227. The molecule has 0 radical (unpaired) electrons. The number of hydrogen-bond acceptors (Lipinski definition) is 6. The third-order valence-corrected chi connectivity index (χ3v) is 5.34. The Hall–Kier alpha value is -3.50. The number of rotatable bonds is 4. The molecular formula is C22H19ClN4O3. The van der Waals surface area contributed by atoms with Gasteiger partial charge in [-0.2, -0.15) is 10.2 Å². The number of amides is 1. The van der Waals surface area contributed by atoms with Gasteiger partial charge < -0.3 is 19.0 Å². The average molecular weight is 423 g/mol. The second-order valence-electron chi connectivity index (χ2n) is 6.77. The molecule has 152 valence electrons. The van der Waals surface area contributed by atoms with Gasteiger partial charge >= 0.3 is 0 Å². The third kappa shape index (κ3) is 3.82. The Morgan fingerprint density at radius 1 is 1.13 bits per heavy atom. The van der Waals surface area contributed by atoms with Crippen LogP contribution >= 0.6 is 11.6 Å². The van der Waals surface area contributed by atoms with Crippen molar-refractivity contribution in [3.8, 4) is 23.3 Å². The summed E-state index contributed by atoms with van der Waals surface area (Å²) in [7, 11) is 1.60. The lowest BCUT2D eigenvalue weighted by atomic mass is 10.2. The molecule has 7 nitrogen and oxygen atoms in total. The van der Waals surface area contributed by atoms with E-state index in [0.717, 1.165) is 11.3 Å². The smallest absolute Gasteiger partial charge is 0.255 e. The molecule has 0 spiro atoms. The number of methoxy groups -OCH3 is 1. The monoisotopic (exact) mass is 422 g/mol. The first-order valence-electron chi connectivity index (χ1n) is 9.45. The number of oxazole rings is 1. The van der Waals surface area contributed by atoms with E-state index in [1.165, 1.54) is 0 Å². The van der Waals surface area contributed by atoms with Crippen LogP contribution in [0.1, 0.15) is 16.1 Å². The van der Waals surface area contributed by atoms with Gasteiger partial charge in [0.2, 0.25) is 17.5 Å². The largest absolute Gasteiger partial charge is 0.497 e. The highest BCUT2D eigenvalue weighted by Gasteiger charge is 2.27. The minimum absolute atomic E-state index is 0.0998. The Labute approximate surface area is 179 Å². The van der Waals surface area contributed by atoms with E-state index < -0.39 is 0 Å². The van der Waals surface area contributed by atoms with Gasteiger partial charge in [-0.3, -0.25) is 4.79 Å². The van der Waals surface area contributed by atoms with Crippen LogP contribution in [0.25, 0.3) is 11.5 Å². The van der Waals surface area contributed by atoms with Crippen molar-refractivity contribution >= 4 is 23.4 Å². The number of ether oxygens (including phenoxy) is 1. The molecule has 1 fully saturated rings. The first-order valence-corrected chi connectivity index (χ1v) is 9.82. The van der Waals surface area contributed by atoms with Gasteiger partial charge in [-0.25, -0.2) is 0 Å². The molecule has 30 heavy (non-hydrogen) atoms. The summed E-state index contributed by atoms with van der Waals surface area (Å²) in [5, 5.41) is 9.95. The van der Waals surface area contributed by atoms with Crippen LogP contribution in [0.15, 0.2) is 52.9 Å². The van der Waals surface area contributed by atoms with Gasteiger partial charge in [-0.05, 0) is 36.4 Å². The first-order chi connectivity index (χ1) is 14.6. The maximum Gasteiger partial charge on any atom is 0.255 e. The number of carbonyl (C=O) groups is 1. The van der Waals surface area contributed by atoms with Gasteiger partial charge in [-0.1, -0.05) is 23.7 Å². The van der Waals surface area contributed by atoms with Crippen LogP contribution in [0, 0.1) is 11.3 Å². The van der Waals surface area contributed by atoms with Gasteiger partial charge in [0.25, 0.3) is 5.91 Å². The number of benzene rings is 2. The zero-order valence-electron chi connectivity index (χ0n) is 16.3. The van der Waals surface area contributed by atoms with E-state index in [1.807, 2.05) is 29.2 Å². The quantitative estimate of drug-likeness (QED) is 0.635. The number of piperazine rings is 1. The highest BCUT2D eigenvalue weighted by Crippen LogP contribution is 2.30. The van der Waals surface area contributed by atoms with Crippen LogP contribution in [0.5, 0.6) is 5.75 Å². The highest BCUT2D eigenvalue weighted by molar-refractivity contribution is 6.33. The molecule has 3 aromatic rings. The van der Waals surface area contributed by atoms with Crippen molar-refractivity contribution in [1.29, 1.82) is 5.26 Å². The van der Waals surface area contributed by atoms with Crippen LogP contribution in [0.2, 0.25) is 5.02 Å². The molecule has 0 atom stereocenters. The minimum Gasteiger partial charge on any atom is -0.497 e. The number of halogens is 1. The first kappa shape index (κ1) is 19.8. The molecule has 1 amide bonds. The molecule has 0 bridgehead atoms.